The molecule has 5 rings (SSSR count). The Balaban J connectivity index is 1.19. The van der Waals surface area contributed by atoms with Gasteiger partial charge in [-0.15, -0.1) is 0 Å². The van der Waals surface area contributed by atoms with E-state index in [0.717, 1.165) is 11.1 Å². The molecule has 2 saturated heterocycles. The number of imide groups is 1. The van der Waals surface area contributed by atoms with Gasteiger partial charge in [0.05, 0.1) is 23.7 Å². The van der Waals surface area contributed by atoms with Crippen molar-refractivity contribution in [3.8, 4) is 0 Å². The van der Waals surface area contributed by atoms with Crippen LogP contribution in [0.3, 0.4) is 0 Å². The molecule has 45 heavy (non-hydrogen) atoms. The summed E-state index contributed by atoms with van der Waals surface area (Å²) in [5.41, 5.74) is 2.14. The van der Waals surface area contributed by atoms with Crippen LogP contribution in [0.25, 0.3) is 11.0 Å². The standard InChI is InChI=1S/C33H40N4O8/c1-33(2,3)45-32(42)36-19-23(18-27(36)30(40)44-20-22-9-6-5-7-10-22)43-16-8-11-21-12-13-24-26(17-21)35(4)31(41)37(24)25-14-15-28(38)34-29(25)39/h5-7,9-10,12-13,17,23,25,27H,8,11,14-16,18-20H2,1-4H3,(H,34,38,39)/t23-,25?,27-/m1/s1. The highest BCUT2D eigenvalue weighted by atomic mass is 16.6. The second-order valence-electron chi connectivity index (χ2n) is 12.6. The monoisotopic (exact) mass is 620 g/mol. The minimum absolute atomic E-state index is 0.108. The van der Waals surface area contributed by atoms with Crippen LogP contribution in [0.15, 0.2) is 53.3 Å². The van der Waals surface area contributed by atoms with Crippen molar-refractivity contribution in [3.05, 3.63) is 70.1 Å². The van der Waals surface area contributed by atoms with Crippen LogP contribution in [-0.2, 0) is 48.7 Å². The molecule has 1 aromatic heterocycles. The summed E-state index contributed by atoms with van der Waals surface area (Å²) in [4.78, 5) is 64.5. The van der Waals surface area contributed by atoms with Crippen LogP contribution >= 0.6 is 0 Å². The van der Waals surface area contributed by atoms with Gasteiger partial charge in [-0.2, -0.15) is 0 Å². The maximum absolute atomic E-state index is 13.1. The number of nitrogens with one attached hydrogen (secondary N) is 1. The summed E-state index contributed by atoms with van der Waals surface area (Å²) in [6, 6.07) is 13.5. The summed E-state index contributed by atoms with van der Waals surface area (Å²) >= 11 is 0. The summed E-state index contributed by atoms with van der Waals surface area (Å²) in [6.45, 7) is 6.04. The van der Waals surface area contributed by atoms with Crippen molar-refractivity contribution in [2.75, 3.05) is 13.2 Å². The van der Waals surface area contributed by atoms with Crippen molar-refractivity contribution in [1.82, 2.24) is 19.4 Å². The Morgan fingerprint density at radius 2 is 1.76 bits per heavy atom. The van der Waals surface area contributed by atoms with Crippen LogP contribution in [0, 0.1) is 0 Å². The fourth-order valence-electron chi connectivity index (χ4n) is 5.81. The molecule has 240 valence electrons. The number of fused-ring (bicyclic) bond motifs is 1. The number of ether oxygens (including phenoxy) is 3. The van der Waals surface area contributed by atoms with Crippen LogP contribution in [0.5, 0.6) is 0 Å². The number of aryl methyl sites for hydroxylation is 2. The van der Waals surface area contributed by atoms with Crippen molar-refractivity contribution in [1.29, 1.82) is 0 Å². The van der Waals surface area contributed by atoms with E-state index >= 15 is 0 Å². The van der Waals surface area contributed by atoms with E-state index in [4.69, 9.17) is 14.2 Å². The van der Waals surface area contributed by atoms with Crippen LogP contribution in [0.4, 0.5) is 4.79 Å². The van der Waals surface area contributed by atoms with Gasteiger partial charge >= 0.3 is 17.8 Å². The number of piperidine rings is 1. The molecule has 3 amide bonds. The molecule has 3 atom stereocenters. The number of rotatable bonds is 9. The highest BCUT2D eigenvalue weighted by Crippen LogP contribution is 2.26. The van der Waals surface area contributed by atoms with Crippen LogP contribution in [0.1, 0.15) is 63.6 Å². The van der Waals surface area contributed by atoms with Gasteiger partial charge in [0.2, 0.25) is 11.8 Å². The number of hydrogen-bond acceptors (Lipinski definition) is 8. The number of aromatic nitrogens is 2. The van der Waals surface area contributed by atoms with Gasteiger partial charge in [0, 0.05) is 26.5 Å². The third-order valence-electron chi connectivity index (χ3n) is 8.03. The van der Waals surface area contributed by atoms with Crippen molar-refractivity contribution < 1.29 is 33.4 Å². The molecule has 0 saturated carbocycles. The second kappa shape index (κ2) is 13.3. The van der Waals surface area contributed by atoms with E-state index in [-0.39, 0.29) is 43.7 Å². The smallest absolute Gasteiger partial charge is 0.411 e. The number of hydrogen-bond donors (Lipinski definition) is 1. The lowest BCUT2D eigenvalue weighted by molar-refractivity contribution is -0.150. The summed E-state index contributed by atoms with van der Waals surface area (Å²) in [5, 5.41) is 2.32. The number of imidazole rings is 1. The summed E-state index contributed by atoms with van der Waals surface area (Å²) in [5.74, 6) is -1.30. The first-order valence-corrected chi connectivity index (χ1v) is 15.3. The third-order valence-corrected chi connectivity index (χ3v) is 8.03. The molecule has 3 heterocycles. The van der Waals surface area contributed by atoms with Crippen molar-refractivity contribution >= 4 is 34.9 Å². The molecule has 2 aliphatic rings. The maximum atomic E-state index is 13.1. The van der Waals surface area contributed by atoms with E-state index < -0.39 is 35.7 Å². The molecular formula is C33H40N4O8. The fraction of sp³-hybridized carbons (Fsp3) is 0.485. The zero-order valence-electron chi connectivity index (χ0n) is 26.1. The van der Waals surface area contributed by atoms with Crippen LogP contribution < -0.4 is 11.0 Å². The Morgan fingerprint density at radius 3 is 2.47 bits per heavy atom. The predicted octanol–water partition coefficient (Wildman–Crippen LogP) is 3.39. The molecule has 12 nitrogen and oxygen atoms in total. The van der Waals surface area contributed by atoms with E-state index in [1.165, 1.54) is 14.0 Å². The van der Waals surface area contributed by atoms with E-state index in [1.807, 2.05) is 48.5 Å². The quantitative estimate of drug-likeness (QED) is 0.218. The van der Waals surface area contributed by atoms with Gasteiger partial charge in [-0.25, -0.2) is 14.4 Å². The topological polar surface area (TPSA) is 138 Å². The SMILES string of the molecule is Cn1c(=O)n(C2CCC(=O)NC2=O)c2ccc(CCCO[C@@H]3C[C@H](C(=O)OCc4ccccc4)N(C(=O)OC(C)(C)C)C3)cc21. The van der Waals surface area contributed by atoms with Gasteiger partial charge in [-0.3, -0.25) is 28.9 Å². The molecule has 3 aromatic rings. The largest absolute Gasteiger partial charge is 0.459 e. The first-order valence-electron chi connectivity index (χ1n) is 15.3. The average Bonchev–Trinajstić information content (AvgIpc) is 3.53. The lowest BCUT2D eigenvalue weighted by atomic mass is 10.1. The highest BCUT2D eigenvalue weighted by molar-refractivity contribution is 6.00. The van der Waals surface area contributed by atoms with Gasteiger partial charge in [-0.1, -0.05) is 36.4 Å². The average molecular weight is 621 g/mol. The fourth-order valence-corrected chi connectivity index (χ4v) is 5.81. The van der Waals surface area contributed by atoms with Gasteiger partial charge < -0.3 is 14.2 Å². The van der Waals surface area contributed by atoms with Gasteiger partial charge in [0.1, 0.15) is 24.3 Å². The van der Waals surface area contributed by atoms with Gasteiger partial charge in [0.25, 0.3) is 0 Å². The number of esters is 1. The van der Waals surface area contributed by atoms with Gasteiger partial charge in [0.15, 0.2) is 0 Å². The van der Waals surface area contributed by atoms with E-state index in [1.54, 1.807) is 27.8 Å². The molecule has 0 aliphatic carbocycles. The molecule has 1 N–H and O–H groups in total. The lowest BCUT2D eigenvalue weighted by Crippen LogP contribution is -2.44. The van der Waals surface area contributed by atoms with E-state index in [2.05, 4.69) is 5.32 Å². The number of amides is 3. The molecule has 0 bridgehead atoms. The molecular weight excluding hydrogens is 580 g/mol. The zero-order chi connectivity index (χ0) is 32.3. The number of benzene rings is 2. The van der Waals surface area contributed by atoms with Crippen LogP contribution in [0.2, 0.25) is 0 Å². The number of carbonyl (C=O) groups excluding carboxylic acids is 4. The predicted molar refractivity (Wildman–Crippen MR) is 164 cm³/mol. The first-order chi connectivity index (χ1) is 21.4. The van der Waals surface area contributed by atoms with Crippen molar-refractivity contribution in [2.45, 2.75) is 83.3 Å². The Hall–Kier alpha value is -4.45. The molecule has 12 heteroatoms. The van der Waals surface area contributed by atoms with Crippen molar-refractivity contribution in [2.24, 2.45) is 7.05 Å². The Kier molecular flexibility index (Phi) is 9.42. The molecule has 1 unspecified atom stereocenters. The Morgan fingerprint density at radius 1 is 1.00 bits per heavy atom. The summed E-state index contributed by atoms with van der Waals surface area (Å²) in [7, 11) is 1.66. The third kappa shape index (κ3) is 7.44. The Bertz CT molecular complexity index is 1640. The molecule has 2 aliphatic heterocycles. The van der Waals surface area contributed by atoms with Crippen molar-refractivity contribution in [3.63, 3.8) is 0 Å². The first kappa shape index (κ1) is 32.0. The minimum Gasteiger partial charge on any atom is -0.459 e. The van der Waals surface area contributed by atoms with Gasteiger partial charge in [-0.05, 0) is 63.3 Å². The normalized spacial score (nSPS) is 20.4. The number of likely N-dealkylation sites (tertiary alicyclic amines) is 1. The van der Waals surface area contributed by atoms with E-state index in [9.17, 15) is 24.0 Å². The van der Waals surface area contributed by atoms with Crippen LogP contribution in [-0.4, -0.2) is 68.8 Å². The van der Waals surface area contributed by atoms with E-state index in [0.29, 0.717) is 36.9 Å². The summed E-state index contributed by atoms with van der Waals surface area (Å²) < 4.78 is 20.2. The number of nitrogens with zero attached hydrogens (tertiary/aromatic N) is 3. The summed E-state index contributed by atoms with van der Waals surface area (Å²) in [6.07, 6.45) is 1.15. The minimum atomic E-state index is -0.814. The molecule has 2 aromatic carbocycles. The number of carbonyl (C=O) groups is 4. The highest BCUT2D eigenvalue weighted by Gasteiger charge is 2.43. The Labute approximate surface area is 261 Å². The second-order valence-corrected chi connectivity index (χ2v) is 12.6. The molecule has 2 fully saturated rings. The molecule has 0 radical (unpaired) electrons. The lowest BCUT2D eigenvalue weighted by Gasteiger charge is -2.27. The maximum Gasteiger partial charge on any atom is 0.411 e. The zero-order valence-corrected chi connectivity index (χ0v) is 26.1. The molecule has 0 spiro atoms.